The van der Waals surface area contributed by atoms with Crippen LogP contribution in [0.1, 0.15) is 71.1 Å². The second kappa shape index (κ2) is 24.8. The Balaban J connectivity index is 1.09. The first-order chi connectivity index (χ1) is 34.2. The molecule has 22 heteroatoms. The maximum Gasteiger partial charge on any atom is 0.410 e. The second-order valence-electron chi connectivity index (χ2n) is 19.4. The van der Waals surface area contributed by atoms with Crippen LogP contribution in [0.4, 0.5) is 18.0 Å². The number of halogens is 3. The fourth-order valence-corrected chi connectivity index (χ4v) is 8.39. The topological polar surface area (TPSA) is 213 Å². The molecular formula is C50H64F3N9O10. The maximum atomic E-state index is 16.1. The molecule has 0 aliphatic carbocycles. The summed E-state index contributed by atoms with van der Waals surface area (Å²) < 4.78 is 71.8. The Morgan fingerprint density at radius 2 is 1.56 bits per heavy atom. The molecule has 1 fully saturated rings. The van der Waals surface area contributed by atoms with Crippen molar-refractivity contribution < 1.29 is 61.2 Å². The molecule has 5 amide bonds. The highest BCUT2D eigenvalue weighted by Gasteiger charge is 2.47. The van der Waals surface area contributed by atoms with Gasteiger partial charge in [-0.3, -0.25) is 24.1 Å². The van der Waals surface area contributed by atoms with Crippen LogP contribution in [0.2, 0.25) is 0 Å². The van der Waals surface area contributed by atoms with Crippen molar-refractivity contribution in [3.8, 4) is 11.3 Å². The predicted octanol–water partition coefficient (Wildman–Crippen LogP) is 4.63. The predicted molar refractivity (Wildman–Crippen MR) is 254 cm³/mol. The van der Waals surface area contributed by atoms with Gasteiger partial charge in [0, 0.05) is 67.8 Å². The highest BCUT2D eigenvalue weighted by Crippen LogP contribution is 2.43. The van der Waals surface area contributed by atoms with Crippen molar-refractivity contribution >= 4 is 29.7 Å². The molecule has 72 heavy (non-hydrogen) atoms. The van der Waals surface area contributed by atoms with Gasteiger partial charge in [-0.15, -0.1) is 5.10 Å². The smallest absolute Gasteiger partial charge is 0.410 e. The molecule has 2 aromatic carbocycles. The summed E-state index contributed by atoms with van der Waals surface area (Å²) in [5, 5.41) is 21.8. The molecule has 0 spiro atoms. The molecule has 2 aromatic heterocycles. The summed E-state index contributed by atoms with van der Waals surface area (Å²) in [6.07, 6.45) is 1.43. The van der Waals surface area contributed by atoms with E-state index in [2.05, 4.69) is 15.6 Å². The summed E-state index contributed by atoms with van der Waals surface area (Å²) in [5.41, 5.74) is -0.956. The number of carbonyl (C=O) groups is 5. The quantitative estimate of drug-likeness (QED) is 0.0686. The largest absolute Gasteiger partial charge is 0.444 e. The van der Waals surface area contributed by atoms with Gasteiger partial charge in [0.25, 0.3) is 17.7 Å². The minimum Gasteiger partial charge on any atom is -0.444 e. The zero-order valence-corrected chi connectivity index (χ0v) is 41.5. The van der Waals surface area contributed by atoms with Gasteiger partial charge in [0.15, 0.2) is 0 Å². The number of imide groups is 1. The van der Waals surface area contributed by atoms with Gasteiger partial charge in [-0.1, -0.05) is 49.4 Å². The van der Waals surface area contributed by atoms with Crippen LogP contribution in [0.15, 0.2) is 73.1 Å². The molecule has 19 nitrogen and oxygen atoms in total. The van der Waals surface area contributed by atoms with Crippen molar-refractivity contribution in [2.24, 2.45) is 11.3 Å². The molecule has 2 aliphatic heterocycles. The molecular weight excluding hydrogens is 944 g/mol. The number of hydrogen-bond acceptors (Lipinski definition) is 13. The first-order valence-corrected chi connectivity index (χ1v) is 23.8. The van der Waals surface area contributed by atoms with Crippen molar-refractivity contribution in [3.05, 3.63) is 102 Å². The molecule has 4 aromatic rings. The minimum absolute atomic E-state index is 0.0294. The van der Waals surface area contributed by atoms with E-state index in [1.54, 1.807) is 50.1 Å². The van der Waals surface area contributed by atoms with Crippen LogP contribution in [0, 0.1) is 23.0 Å². The van der Waals surface area contributed by atoms with Gasteiger partial charge >= 0.3 is 6.09 Å². The number of alkyl halides is 1. The normalized spacial score (nSPS) is 16.9. The van der Waals surface area contributed by atoms with E-state index < -0.39 is 76.6 Å². The van der Waals surface area contributed by atoms with Crippen molar-refractivity contribution in [2.75, 3.05) is 65.8 Å². The third-order valence-corrected chi connectivity index (χ3v) is 11.8. The van der Waals surface area contributed by atoms with Crippen molar-refractivity contribution in [1.29, 1.82) is 0 Å². The standard InChI is InChI=1S/C50H64F3N9O10/c1-33(63)47(67)62(28-35-27-59(31-40(35)53)48(68)72-49(2,3)4)45(46-55-41(38-24-36(51)12-13-39(38)52)32-58(46)26-34-10-8-7-9-11-34)50(5,6)25-42(64)54-16-18-69-20-22-71-23-21-70-19-17-60-29-37(56-57-60)30-61-43(65)14-15-44(61)66/h7-15,24,29,32-33,35,40,45,63H,16-23,25-28,30-31H2,1-6H3,(H,54,64)/t33-,35-,40-,45-/m0/s1. The average molecular weight is 1010 g/mol. The zero-order valence-electron chi connectivity index (χ0n) is 41.5. The minimum atomic E-state index is -1.60. The summed E-state index contributed by atoms with van der Waals surface area (Å²) in [4.78, 5) is 73.3. The monoisotopic (exact) mass is 1010 g/mol. The number of aliphatic hydroxyl groups is 1. The van der Waals surface area contributed by atoms with Gasteiger partial charge in [-0.05, 0) is 51.5 Å². The maximum absolute atomic E-state index is 16.1. The van der Waals surface area contributed by atoms with Crippen molar-refractivity contribution in [1.82, 2.24) is 44.6 Å². The van der Waals surface area contributed by atoms with Crippen LogP contribution in [-0.2, 0) is 57.8 Å². The summed E-state index contributed by atoms with van der Waals surface area (Å²) >= 11 is 0. The van der Waals surface area contributed by atoms with E-state index in [0.29, 0.717) is 25.5 Å². The number of nitrogens with zero attached hydrogens (tertiary/aromatic N) is 8. The van der Waals surface area contributed by atoms with Crippen molar-refractivity contribution in [2.45, 2.75) is 91.5 Å². The van der Waals surface area contributed by atoms with Crippen LogP contribution in [0.25, 0.3) is 11.3 Å². The Morgan fingerprint density at radius 1 is 0.889 bits per heavy atom. The number of imidazole rings is 1. The van der Waals surface area contributed by atoms with Gasteiger partial charge in [0.1, 0.15) is 41.0 Å². The third kappa shape index (κ3) is 15.3. The number of rotatable bonds is 25. The first kappa shape index (κ1) is 54.8. The Hall–Kier alpha value is -6.49. The molecule has 390 valence electrons. The summed E-state index contributed by atoms with van der Waals surface area (Å²) in [7, 11) is 0. The molecule has 0 unspecified atom stereocenters. The first-order valence-electron chi connectivity index (χ1n) is 23.8. The lowest BCUT2D eigenvalue weighted by molar-refractivity contribution is -0.147. The molecule has 2 N–H and O–H groups in total. The van der Waals surface area contributed by atoms with Crippen LogP contribution >= 0.6 is 0 Å². The average Bonchev–Trinajstić information content (AvgIpc) is 4.11. The third-order valence-electron chi connectivity index (χ3n) is 11.8. The lowest BCUT2D eigenvalue weighted by Gasteiger charge is -2.43. The van der Waals surface area contributed by atoms with Crippen LogP contribution < -0.4 is 5.32 Å². The van der Waals surface area contributed by atoms with Crippen LogP contribution in [0.5, 0.6) is 0 Å². The Kier molecular flexibility index (Phi) is 18.9. The van der Waals surface area contributed by atoms with Gasteiger partial charge in [0.2, 0.25) is 5.91 Å². The summed E-state index contributed by atoms with van der Waals surface area (Å²) in [5.74, 6) is -4.29. The van der Waals surface area contributed by atoms with Gasteiger partial charge in [-0.2, -0.15) is 0 Å². The molecule has 0 radical (unpaired) electrons. The van der Waals surface area contributed by atoms with E-state index in [9.17, 15) is 33.5 Å². The number of nitrogens with one attached hydrogen (secondary N) is 1. The molecule has 0 saturated carbocycles. The number of aliphatic hydroxyl groups excluding tert-OH is 1. The fourth-order valence-electron chi connectivity index (χ4n) is 8.39. The van der Waals surface area contributed by atoms with E-state index in [1.807, 2.05) is 30.3 Å². The number of likely N-dealkylation sites (tertiary alicyclic amines) is 1. The van der Waals surface area contributed by atoms with Crippen LogP contribution in [-0.4, -0.2) is 158 Å². The van der Waals surface area contributed by atoms with Gasteiger partial charge in [-0.25, -0.2) is 27.6 Å². The van der Waals surface area contributed by atoms with E-state index in [0.717, 1.165) is 28.7 Å². The number of amides is 5. The summed E-state index contributed by atoms with van der Waals surface area (Å²) in [6.45, 7) is 11.3. The number of aromatic nitrogens is 5. The summed E-state index contributed by atoms with van der Waals surface area (Å²) in [6, 6.07) is 11.0. The van der Waals surface area contributed by atoms with Crippen molar-refractivity contribution in [3.63, 3.8) is 0 Å². The molecule has 4 heterocycles. The number of hydrogen-bond donors (Lipinski definition) is 2. The Bertz CT molecular complexity index is 2510. The second-order valence-corrected chi connectivity index (χ2v) is 19.4. The number of carbonyl (C=O) groups excluding carboxylic acids is 5. The molecule has 1 saturated heterocycles. The molecule has 6 rings (SSSR count). The highest BCUT2D eigenvalue weighted by molar-refractivity contribution is 6.12. The zero-order chi connectivity index (χ0) is 52.2. The SMILES string of the molecule is C[C@H](O)C(=O)N(C[C@@H]1CN(C(=O)OC(C)(C)C)C[C@@H]1F)[C@@H](c1nc(-c2cc(F)ccc2F)cn1Cc1ccccc1)C(C)(C)CC(=O)NCCOCCOCCOCCn1cc(CN2C(=O)C=CC2=O)nn1. The molecule has 0 bridgehead atoms. The lowest BCUT2D eigenvalue weighted by atomic mass is 9.78. The van der Waals surface area contributed by atoms with E-state index >= 15 is 8.78 Å². The van der Waals surface area contributed by atoms with Crippen LogP contribution in [0.3, 0.4) is 0 Å². The number of ether oxygens (including phenoxy) is 4. The van der Waals surface area contributed by atoms with E-state index in [4.69, 9.17) is 23.9 Å². The van der Waals surface area contributed by atoms with E-state index in [-0.39, 0.29) is 89.2 Å². The lowest BCUT2D eigenvalue weighted by Crippen LogP contribution is -2.50. The highest BCUT2D eigenvalue weighted by atomic mass is 19.1. The van der Waals surface area contributed by atoms with Gasteiger partial charge < -0.3 is 43.7 Å². The van der Waals surface area contributed by atoms with Gasteiger partial charge in [0.05, 0.1) is 77.2 Å². The molecule has 2 aliphatic rings. The fraction of sp³-hybridized carbons (Fsp3) is 0.520. The Labute approximate surface area is 416 Å². The molecule has 4 atom stereocenters. The Morgan fingerprint density at radius 3 is 2.22 bits per heavy atom. The van der Waals surface area contributed by atoms with E-state index in [1.165, 1.54) is 35.1 Å². The number of benzene rings is 2.